The van der Waals surface area contributed by atoms with Crippen molar-refractivity contribution in [3.8, 4) is 5.75 Å². The fraction of sp³-hybridized carbons (Fsp3) is 0.316. The minimum atomic E-state index is -0.364. The van der Waals surface area contributed by atoms with Crippen molar-refractivity contribution in [2.24, 2.45) is 0 Å². The van der Waals surface area contributed by atoms with Crippen LogP contribution in [0.1, 0.15) is 15.9 Å². The third-order valence-electron chi connectivity index (χ3n) is 4.04. The number of rotatable bonds is 5. The van der Waals surface area contributed by atoms with Gasteiger partial charge in [0.2, 0.25) is 0 Å². The molecule has 1 saturated heterocycles. The van der Waals surface area contributed by atoms with Crippen LogP contribution in [0.2, 0.25) is 0 Å². The number of hydrogen-bond acceptors (Lipinski definition) is 5. The number of benzene rings is 2. The number of halogens is 1. The van der Waals surface area contributed by atoms with Crippen molar-refractivity contribution in [1.29, 1.82) is 0 Å². The van der Waals surface area contributed by atoms with Crippen LogP contribution in [-0.4, -0.2) is 39.4 Å². The van der Waals surface area contributed by atoms with Crippen LogP contribution < -0.4 is 9.64 Å². The first-order valence-corrected chi connectivity index (χ1v) is 8.89. The molecule has 0 bridgehead atoms. The molecule has 6 heteroatoms. The second-order valence-corrected chi connectivity index (χ2v) is 6.52. The van der Waals surface area contributed by atoms with Crippen molar-refractivity contribution < 1.29 is 19.0 Å². The summed E-state index contributed by atoms with van der Waals surface area (Å²) >= 11 is 3.50. The van der Waals surface area contributed by atoms with Gasteiger partial charge in [0.05, 0.1) is 36.0 Å². The first-order valence-electron chi connectivity index (χ1n) is 8.10. The molecule has 1 fully saturated rings. The normalized spacial score (nSPS) is 14.2. The SMILES string of the molecule is COC(=O)c1cc(Br)c(OCc2ccccc2)cc1N1CCOCC1. The van der Waals surface area contributed by atoms with Gasteiger partial charge in [0.1, 0.15) is 12.4 Å². The highest BCUT2D eigenvalue weighted by atomic mass is 79.9. The molecular weight excluding hydrogens is 386 g/mol. The van der Waals surface area contributed by atoms with E-state index < -0.39 is 0 Å². The molecule has 3 rings (SSSR count). The van der Waals surface area contributed by atoms with E-state index in [0.29, 0.717) is 31.1 Å². The molecule has 0 N–H and O–H groups in total. The summed E-state index contributed by atoms with van der Waals surface area (Å²) in [5.74, 6) is 0.329. The summed E-state index contributed by atoms with van der Waals surface area (Å²) < 4.78 is 17.0. The molecule has 0 unspecified atom stereocenters. The maximum Gasteiger partial charge on any atom is 0.340 e. The van der Waals surface area contributed by atoms with Gasteiger partial charge in [-0.3, -0.25) is 0 Å². The number of esters is 1. The smallest absolute Gasteiger partial charge is 0.340 e. The zero-order valence-corrected chi connectivity index (χ0v) is 15.6. The number of hydrogen-bond donors (Lipinski definition) is 0. The van der Waals surface area contributed by atoms with Crippen molar-refractivity contribution in [2.75, 3.05) is 38.3 Å². The molecular formula is C19H20BrNO4. The van der Waals surface area contributed by atoms with Gasteiger partial charge >= 0.3 is 5.97 Å². The molecule has 1 aliphatic rings. The molecule has 2 aromatic carbocycles. The number of carbonyl (C=O) groups excluding carboxylic acids is 1. The molecule has 1 heterocycles. The molecule has 132 valence electrons. The second-order valence-electron chi connectivity index (χ2n) is 5.67. The van der Waals surface area contributed by atoms with E-state index in [4.69, 9.17) is 14.2 Å². The quantitative estimate of drug-likeness (QED) is 0.710. The Balaban J connectivity index is 1.89. The Bertz CT molecular complexity index is 730. The fourth-order valence-corrected chi connectivity index (χ4v) is 3.19. The van der Waals surface area contributed by atoms with Crippen molar-refractivity contribution in [1.82, 2.24) is 0 Å². The molecule has 1 aliphatic heterocycles. The van der Waals surface area contributed by atoms with Gasteiger partial charge in [-0.2, -0.15) is 0 Å². The number of anilines is 1. The summed E-state index contributed by atoms with van der Waals surface area (Å²) in [7, 11) is 1.39. The van der Waals surface area contributed by atoms with E-state index in [-0.39, 0.29) is 5.97 Å². The minimum Gasteiger partial charge on any atom is -0.488 e. The molecule has 0 amide bonds. The summed E-state index contributed by atoms with van der Waals surface area (Å²) in [6.45, 7) is 3.18. The Kier molecular flexibility index (Phi) is 5.94. The van der Waals surface area contributed by atoms with Gasteiger partial charge in [-0.1, -0.05) is 30.3 Å². The number of carbonyl (C=O) groups is 1. The van der Waals surface area contributed by atoms with E-state index in [1.807, 2.05) is 36.4 Å². The zero-order chi connectivity index (χ0) is 17.6. The van der Waals surface area contributed by atoms with Crippen LogP contribution in [0.4, 0.5) is 5.69 Å². The summed E-state index contributed by atoms with van der Waals surface area (Å²) in [5.41, 5.74) is 2.41. The van der Waals surface area contributed by atoms with Crippen LogP contribution in [-0.2, 0) is 16.1 Å². The van der Waals surface area contributed by atoms with E-state index in [2.05, 4.69) is 20.8 Å². The van der Waals surface area contributed by atoms with Crippen molar-refractivity contribution >= 4 is 27.6 Å². The summed E-state index contributed by atoms with van der Waals surface area (Å²) in [6.07, 6.45) is 0. The average Bonchev–Trinajstić information content (AvgIpc) is 2.67. The summed E-state index contributed by atoms with van der Waals surface area (Å²) in [4.78, 5) is 14.3. The van der Waals surface area contributed by atoms with Gasteiger partial charge in [0, 0.05) is 19.2 Å². The average molecular weight is 406 g/mol. The predicted octanol–water partition coefficient (Wildman–Crippen LogP) is 3.65. The lowest BCUT2D eigenvalue weighted by Gasteiger charge is -2.30. The van der Waals surface area contributed by atoms with Crippen molar-refractivity contribution in [3.05, 3.63) is 58.1 Å². The third-order valence-corrected chi connectivity index (χ3v) is 4.66. The number of morpholine rings is 1. The number of nitrogens with zero attached hydrogens (tertiary/aromatic N) is 1. The van der Waals surface area contributed by atoms with Gasteiger partial charge in [0.25, 0.3) is 0 Å². The predicted molar refractivity (Wildman–Crippen MR) is 99.3 cm³/mol. The van der Waals surface area contributed by atoms with Gasteiger partial charge in [0.15, 0.2) is 0 Å². The van der Waals surface area contributed by atoms with Gasteiger partial charge in [-0.15, -0.1) is 0 Å². The maximum atomic E-state index is 12.2. The molecule has 0 atom stereocenters. The molecule has 0 aliphatic carbocycles. The molecule has 25 heavy (non-hydrogen) atoms. The van der Waals surface area contributed by atoms with Crippen LogP contribution in [0.3, 0.4) is 0 Å². The lowest BCUT2D eigenvalue weighted by Crippen LogP contribution is -2.37. The lowest BCUT2D eigenvalue weighted by molar-refractivity contribution is 0.0600. The highest BCUT2D eigenvalue weighted by molar-refractivity contribution is 9.10. The van der Waals surface area contributed by atoms with E-state index in [9.17, 15) is 4.79 Å². The molecule has 0 radical (unpaired) electrons. The summed E-state index contributed by atoms with van der Waals surface area (Å²) in [6, 6.07) is 13.6. The van der Waals surface area contributed by atoms with Crippen molar-refractivity contribution in [3.63, 3.8) is 0 Å². The third kappa shape index (κ3) is 4.32. The first-order chi connectivity index (χ1) is 12.2. The Morgan fingerprint density at radius 3 is 2.60 bits per heavy atom. The lowest BCUT2D eigenvalue weighted by atomic mass is 10.1. The van der Waals surface area contributed by atoms with E-state index >= 15 is 0 Å². The van der Waals surface area contributed by atoms with Crippen LogP contribution in [0.25, 0.3) is 0 Å². The van der Waals surface area contributed by atoms with Crippen LogP contribution in [0.5, 0.6) is 5.75 Å². The van der Waals surface area contributed by atoms with E-state index in [0.717, 1.165) is 28.8 Å². The van der Waals surface area contributed by atoms with Crippen LogP contribution >= 0.6 is 15.9 Å². The number of ether oxygens (including phenoxy) is 3. The maximum absolute atomic E-state index is 12.2. The zero-order valence-electron chi connectivity index (χ0n) is 14.0. The highest BCUT2D eigenvalue weighted by Gasteiger charge is 2.22. The van der Waals surface area contributed by atoms with Crippen molar-refractivity contribution in [2.45, 2.75) is 6.61 Å². The van der Waals surface area contributed by atoms with Gasteiger partial charge in [-0.05, 0) is 27.6 Å². The van der Waals surface area contributed by atoms with Gasteiger partial charge in [-0.25, -0.2) is 4.79 Å². The number of methoxy groups -OCH3 is 1. The Labute approximate surface area is 155 Å². The highest BCUT2D eigenvalue weighted by Crippen LogP contribution is 2.35. The largest absolute Gasteiger partial charge is 0.488 e. The molecule has 0 spiro atoms. The molecule has 2 aromatic rings. The van der Waals surface area contributed by atoms with Gasteiger partial charge < -0.3 is 19.1 Å². The Hall–Kier alpha value is -2.05. The Morgan fingerprint density at radius 2 is 1.92 bits per heavy atom. The molecule has 0 aromatic heterocycles. The van der Waals surface area contributed by atoms with Crippen LogP contribution in [0, 0.1) is 0 Å². The van der Waals surface area contributed by atoms with E-state index in [1.165, 1.54) is 7.11 Å². The van der Waals surface area contributed by atoms with Crippen LogP contribution in [0.15, 0.2) is 46.9 Å². The minimum absolute atomic E-state index is 0.364. The molecule has 0 saturated carbocycles. The standard InChI is InChI=1S/C19H20BrNO4/c1-23-19(22)15-11-16(20)18(25-13-14-5-3-2-4-6-14)12-17(15)21-7-9-24-10-8-21/h2-6,11-12H,7-10,13H2,1H3. The molecule has 5 nitrogen and oxygen atoms in total. The summed E-state index contributed by atoms with van der Waals surface area (Å²) in [5, 5.41) is 0. The Morgan fingerprint density at radius 1 is 1.20 bits per heavy atom. The first kappa shape index (κ1) is 17.8. The topological polar surface area (TPSA) is 48.0 Å². The monoisotopic (exact) mass is 405 g/mol. The second kappa shape index (κ2) is 8.36. The van der Waals surface area contributed by atoms with E-state index in [1.54, 1.807) is 6.07 Å². The fourth-order valence-electron chi connectivity index (χ4n) is 2.73.